The Morgan fingerprint density at radius 1 is 1.23 bits per heavy atom. The number of benzene rings is 2. The molecule has 1 unspecified atom stereocenters. The van der Waals surface area contributed by atoms with E-state index in [9.17, 15) is 14.0 Å². The Bertz CT molecular complexity index is 1130. The van der Waals surface area contributed by atoms with Crippen LogP contribution in [-0.4, -0.2) is 26.9 Å². The fraction of sp³-hybridized carbons (Fsp3) is 0.348. The van der Waals surface area contributed by atoms with E-state index in [1.165, 1.54) is 12.1 Å². The molecular weight excluding hydrogens is 405 g/mol. The molecule has 3 aromatic rings. The van der Waals surface area contributed by atoms with Gasteiger partial charge >= 0.3 is 0 Å². The van der Waals surface area contributed by atoms with Crippen molar-refractivity contribution in [3.05, 3.63) is 75.0 Å². The Hall–Kier alpha value is -2.73. The Balaban J connectivity index is 2.13. The molecule has 1 heterocycles. The molecule has 3 rings (SSSR count). The van der Waals surface area contributed by atoms with Crippen molar-refractivity contribution in [3.8, 4) is 0 Å². The maximum absolute atomic E-state index is 14.3. The van der Waals surface area contributed by atoms with E-state index in [4.69, 9.17) is 11.6 Å². The van der Waals surface area contributed by atoms with E-state index in [-0.39, 0.29) is 11.1 Å². The molecule has 0 spiro atoms. The first-order chi connectivity index (χ1) is 14.4. The highest BCUT2D eigenvalue weighted by Gasteiger charge is 2.27. The highest BCUT2D eigenvalue weighted by molar-refractivity contribution is 6.31. The average molecular weight is 430 g/mol. The van der Waals surface area contributed by atoms with Crippen LogP contribution < -0.4 is 5.56 Å². The lowest BCUT2D eigenvalue weighted by Crippen LogP contribution is -2.38. The number of rotatable bonds is 7. The van der Waals surface area contributed by atoms with Crippen LogP contribution in [0.1, 0.15) is 55.8 Å². The van der Waals surface area contributed by atoms with E-state index >= 15 is 0 Å². The monoisotopic (exact) mass is 429 g/mol. The van der Waals surface area contributed by atoms with Crippen LogP contribution in [0, 0.1) is 5.82 Å². The van der Waals surface area contributed by atoms with Crippen LogP contribution in [0.25, 0.3) is 10.9 Å². The van der Waals surface area contributed by atoms with Crippen molar-refractivity contribution in [3.63, 3.8) is 0 Å². The van der Waals surface area contributed by atoms with Gasteiger partial charge in [-0.15, -0.1) is 0 Å². The van der Waals surface area contributed by atoms with Crippen LogP contribution >= 0.6 is 11.6 Å². The van der Waals surface area contributed by atoms with Crippen molar-refractivity contribution < 1.29 is 9.18 Å². The second-order valence-corrected chi connectivity index (χ2v) is 7.63. The van der Waals surface area contributed by atoms with E-state index in [0.29, 0.717) is 34.8 Å². The second kappa shape index (κ2) is 9.39. The van der Waals surface area contributed by atoms with Crippen molar-refractivity contribution in [2.45, 2.75) is 46.2 Å². The number of unbranched alkanes of at least 4 members (excludes halogenated alkanes) is 1. The fourth-order valence-electron chi connectivity index (χ4n) is 3.56. The predicted molar refractivity (Wildman–Crippen MR) is 117 cm³/mol. The van der Waals surface area contributed by atoms with Crippen LogP contribution in [0.2, 0.25) is 5.02 Å². The van der Waals surface area contributed by atoms with Gasteiger partial charge in [0.15, 0.2) is 0 Å². The average Bonchev–Trinajstić information content (AvgIpc) is 2.73. The summed E-state index contributed by atoms with van der Waals surface area (Å²) >= 11 is 6.10. The van der Waals surface area contributed by atoms with Gasteiger partial charge in [0.25, 0.3) is 11.5 Å². The molecule has 0 aliphatic carbocycles. The predicted octanol–water partition coefficient (Wildman–Crippen LogP) is 5.21. The van der Waals surface area contributed by atoms with Crippen molar-refractivity contribution in [2.75, 3.05) is 6.54 Å². The summed E-state index contributed by atoms with van der Waals surface area (Å²) in [5, 5.41) is 0.949. The zero-order chi connectivity index (χ0) is 21.8. The molecule has 30 heavy (non-hydrogen) atoms. The third-order valence-electron chi connectivity index (χ3n) is 5.22. The number of halogens is 2. The third-order valence-corrected chi connectivity index (χ3v) is 5.46. The summed E-state index contributed by atoms with van der Waals surface area (Å²) in [6.07, 6.45) is 1.62. The highest BCUT2D eigenvalue weighted by atomic mass is 35.5. The molecule has 1 aromatic heterocycles. The SMILES string of the molecule is CCCCN(C(=O)c1ccccc1F)C(C)c1nc2cc(Cl)ccc2c(=O)n1CC. The summed E-state index contributed by atoms with van der Waals surface area (Å²) in [4.78, 5) is 32.6. The molecule has 0 bridgehead atoms. The lowest BCUT2D eigenvalue weighted by Gasteiger charge is -2.30. The quantitative estimate of drug-likeness (QED) is 0.517. The molecule has 0 saturated heterocycles. The Kier molecular flexibility index (Phi) is 6.87. The minimum absolute atomic E-state index is 0.00896. The summed E-state index contributed by atoms with van der Waals surface area (Å²) in [7, 11) is 0. The molecule has 2 aromatic carbocycles. The number of carbonyl (C=O) groups excluding carboxylic acids is 1. The molecule has 0 aliphatic heterocycles. The zero-order valence-corrected chi connectivity index (χ0v) is 18.1. The molecule has 7 heteroatoms. The standard InChI is InChI=1S/C23H25ClFN3O2/c1-4-6-13-28(22(29)17-9-7-8-10-19(17)25)15(3)21-26-20-14-16(24)11-12-18(20)23(30)27(21)5-2/h7-12,14-15H,4-6,13H2,1-3H3. The summed E-state index contributed by atoms with van der Waals surface area (Å²) in [5.41, 5.74) is 0.303. The van der Waals surface area contributed by atoms with E-state index in [2.05, 4.69) is 4.98 Å². The molecular formula is C23H25ClFN3O2. The molecule has 1 atom stereocenters. The fourth-order valence-corrected chi connectivity index (χ4v) is 3.73. The first-order valence-electron chi connectivity index (χ1n) is 10.1. The molecule has 158 valence electrons. The molecule has 5 nitrogen and oxygen atoms in total. The number of hydrogen-bond donors (Lipinski definition) is 0. The van der Waals surface area contributed by atoms with Gasteiger partial charge in [0.1, 0.15) is 11.6 Å². The van der Waals surface area contributed by atoms with Gasteiger partial charge in [-0.1, -0.05) is 37.1 Å². The van der Waals surface area contributed by atoms with E-state index in [1.807, 2.05) is 20.8 Å². The first kappa shape index (κ1) is 22.0. The van der Waals surface area contributed by atoms with E-state index < -0.39 is 17.8 Å². The van der Waals surface area contributed by atoms with Gasteiger partial charge in [-0.2, -0.15) is 0 Å². The van der Waals surface area contributed by atoms with Gasteiger partial charge in [-0.25, -0.2) is 9.37 Å². The van der Waals surface area contributed by atoms with Gasteiger partial charge in [0.2, 0.25) is 0 Å². The molecule has 0 aliphatic rings. The van der Waals surface area contributed by atoms with Crippen LogP contribution in [-0.2, 0) is 6.54 Å². The Morgan fingerprint density at radius 3 is 2.63 bits per heavy atom. The number of hydrogen-bond acceptors (Lipinski definition) is 3. The minimum Gasteiger partial charge on any atom is -0.329 e. The number of amides is 1. The normalized spacial score (nSPS) is 12.2. The number of aromatic nitrogens is 2. The topological polar surface area (TPSA) is 55.2 Å². The summed E-state index contributed by atoms with van der Waals surface area (Å²) in [6.45, 7) is 6.53. The molecule has 0 N–H and O–H groups in total. The largest absolute Gasteiger partial charge is 0.329 e. The smallest absolute Gasteiger partial charge is 0.261 e. The van der Waals surface area contributed by atoms with Gasteiger partial charge in [0, 0.05) is 18.1 Å². The second-order valence-electron chi connectivity index (χ2n) is 7.19. The van der Waals surface area contributed by atoms with E-state index in [0.717, 1.165) is 12.8 Å². The number of fused-ring (bicyclic) bond motifs is 1. The van der Waals surface area contributed by atoms with Crippen molar-refractivity contribution in [2.24, 2.45) is 0 Å². The molecule has 0 fully saturated rings. The van der Waals surface area contributed by atoms with Crippen molar-refractivity contribution in [1.82, 2.24) is 14.5 Å². The van der Waals surface area contributed by atoms with Crippen LogP contribution in [0.4, 0.5) is 4.39 Å². The summed E-state index contributed by atoms with van der Waals surface area (Å²) in [5.74, 6) is -0.530. The highest BCUT2D eigenvalue weighted by Crippen LogP contribution is 2.24. The lowest BCUT2D eigenvalue weighted by molar-refractivity contribution is 0.0671. The summed E-state index contributed by atoms with van der Waals surface area (Å²) < 4.78 is 15.9. The Morgan fingerprint density at radius 2 is 1.97 bits per heavy atom. The third kappa shape index (κ3) is 4.24. The van der Waals surface area contributed by atoms with Crippen molar-refractivity contribution in [1.29, 1.82) is 0 Å². The number of nitrogens with zero attached hydrogens (tertiary/aromatic N) is 3. The summed E-state index contributed by atoms with van der Waals surface area (Å²) in [6, 6.07) is 10.4. The molecule has 0 saturated carbocycles. The molecule has 1 amide bonds. The Labute approximate surface area is 180 Å². The van der Waals surface area contributed by atoms with E-state index in [1.54, 1.807) is 39.8 Å². The van der Waals surface area contributed by atoms with Crippen LogP contribution in [0.5, 0.6) is 0 Å². The molecule has 0 radical (unpaired) electrons. The van der Waals surface area contributed by atoms with Gasteiger partial charge in [0.05, 0.1) is 22.5 Å². The van der Waals surface area contributed by atoms with Gasteiger partial charge < -0.3 is 4.90 Å². The number of carbonyl (C=O) groups is 1. The first-order valence-corrected chi connectivity index (χ1v) is 10.5. The minimum atomic E-state index is -0.567. The van der Waals surface area contributed by atoms with Gasteiger partial charge in [-0.3, -0.25) is 14.2 Å². The lowest BCUT2D eigenvalue weighted by atomic mass is 10.1. The van der Waals surface area contributed by atoms with Gasteiger partial charge in [-0.05, 0) is 50.6 Å². The zero-order valence-electron chi connectivity index (χ0n) is 17.4. The maximum atomic E-state index is 14.3. The van der Waals surface area contributed by atoms with Crippen LogP contribution in [0.15, 0.2) is 47.3 Å². The maximum Gasteiger partial charge on any atom is 0.261 e. The van der Waals surface area contributed by atoms with Crippen molar-refractivity contribution >= 4 is 28.4 Å². The van der Waals surface area contributed by atoms with Crippen LogP contribution in [0.3, 0.4) is 0 Å².